The summed E-state index contributed by atoms with van der Waals surface area (Å²) in [5.74, 6) is -0.705. The second kappa shape index (κ2) is 4.48. The van der Waals surface area contributed by atoms with Crippen LogP contribution in [0.5, 0.6) is 0 Å². The first-order valence-electron chi connectivity index (χ1n) is 4.71. The highest BCUT2D eigenvalue weighted by Gasteiger charge is 2.08. The zero-order valence-electron chi connectivity index (χ0n) is 8.38. The third kappa shape index (κ3) is 2.38. The van der Waals surface area contributed by atoms with Crippen molar-refractivity contribution in [3.05, 3.63) is 48.0 Å². The number of anilines is 1. The monoisotopic (exact) mass is 218 g/mol. The fourth-order valence-corrected chi connectivity index (χ4v) is 1.24. The van der Waals surface area contributed by atoms with Gasteiger partial charge < -0.3 is 14.8 Å². The predicted molar refractivity (Wildman–Crippen MR) is 57.2 cm³/mol. The zero-order chi connectivity index (χ0) is 11.4. The molecule has 0 aromatic carbocycles. The molecule has 82 valence electrons. The van der Waals surface area contributed by atoms with E-state index in [1.807, 2.05) is 12.1 Å². The molecule has 0 aliphatic heterocycles. The van der Waals surface area contributed by atoms with Crippen LogP contribution in [0.2, 0.25) is 0 Å². The maximum Gasteiger partial charge on any atom is 0.371 e. The normalized spacial score (nSPS) is 10.0. The van der Waals surface area contributed by atoms with Crippen LogP contribution in [0.25, 0.3) is 0 Å². The molecule has 2 heterocycles. The Morgan fingerprint density at radius 1 is 1.31 bits per heavy atom. The number of carboxylic acids is 1. The lowest BCUT2D eigenvalue weighted by Gasteiger charge is -2.01. The summed E-state index contributed by atoms with van der Waals surface area (Å²) in [4.78, 5) is 14.5. The van der Waals surface area contributed by atoms with Gasteiger partial charge in [0, 0.05) is 25.0 Å². The second-order valence-corrected chi connectivity index (χ2v) is 3.18. The van der Waals surface area contributed by atoms with Crippen molar-refractivity contribution in [3.8, 4) is 0 Å². The van der Waals surface area contributed by atoms with Gasteiger partial charge in [-0.25, -0.2) is 4.79 Å². The van der Waals surface area contributed by atoms with Crippen LogP contribution in [0.1, 0.15) is 16.1 Å². The number of carboxylic acid groups (broad SMARTS) is 1. The average Bonchev–Trinajstić information content (AvgIpc) is 2.76. The highest BCUT2D eigenvalue weighted by Crippen LogP contribution is 2.14. The summed E-state index contributed by atoms with van der Waals surface area (Å²) in [5.41, 5.74) is 1.04. The molecule has 0 aliphatic carbocycles. The Balaban J connectivity index is 1.97. The maximum atomic E-state index is 10.6. The van der Waals surface area contributed by atoms with Crippen LogP contribution in [0.15, 0.2) is 41.1 Å². The first-order chi connectivity index (χ1) is 7.75. The van der Waals surface area contributed by atoms with Crippen LogP contribution in [-0.2, 0) is 6.54 Å². The number of hydrogen-bond donors (Lipinski definition) is 2. The Labute approximate surface area is 91.7 Å². The van der Waals surface area contributed by atoms with Crippen molar-refractivity contribution in [3.63, 3.8) is 0 Å². The molecule has 0 aliphatic rings. The van der Waals surface area contributed by atoms with Crippen molar-refractivity contribution < 1.29 is 14.3 Å². The minimum atomic E-state index is -1.07. The molecule has 0 spiro atoms. The highest BCUT2D eigenvalue weighted by molar-refractivity contribution is 5.84. The van der Waals surface area contributed by atoms with Crippen LogP contribution < -0.4 is 5.32 Å². The second-order valence-electron chi connectivity index (χ2n) is 3.18. The van der Waals surface area contributed by atoms with Gasteiger partial charge in [-0.15, -0.1) is 0 Å². The van der Waals surface area contributed by atoms with Crippen molar-refractivity contribution in [2.45, 2.75) is 6.54 Å². The first-order valence-corrected chi connectivity index (χ1v) is 4.71. The summed E-state index contributed by atoms with van der Waals surface area (Å²) >= 11 is 0. The predicted octanol–water partition coefficient (Wildman–Crippen LogP) is 1.98. The van der Waals surface area contributed by atoms with E-state index in [1.165, 1.54) is 6.07 Å². The van der Waals surface area contributed by atoms with Gasteiger partial charge in [-0.3, -0.25) is 4.98 Å². The summed E-state index contributed by atoms with van der Waals surface area (Å²) in [6.45, 7) is 0.565. The van der Waals surface area contributed by atoms with E-state index in [1.54, 1.807) is 18.5 Å². The number of aromatic nitrogens is 1. The van der Waals surface area contributed by atoms with Gasteiger partial charge in [0.25, 0.3) is 0 Å². The van der Waals surface area contributed by atoms with Gasteiger partial charge in [-0.1, -0.05) is 0 Å². The minimum absolute atomic E-state index is 0.0720. The van der Waals surface area contributed by atoms with E-state index in [0.717, 1.165) is 5.56 Å². The number of carbonyl (C=O) groups is 1. The first kappa shape index (κ1) is 10.2. The van der Waals surface area contributed by atoms with Crippen molar-refractivity contribution in [1.82, 2.24) is 4.98 Å². The standard InChI is InChI=1S/C11H10N2O3/c14-11(15)9-1-2-10(16-9)13-7-8-3-5-12-6-4-8/h1-6,13H,7H2,(H,14,15). The smallest absolute Gasteiger partial charge is 0.371 e. The number of nitrogens with one attached hydrogen (secondary N) is 1. The molecular weight excluding hydrogens is 208 g/mol. The molecule has 0 saturated heterocycles. The molecular formula is C11H10N2O3. The number of nitrogens with zero attached hydrogens (tertiary/aromatic N) is 1. The van der Waals surface area contributed by atoms with E-state index in [0.29, 0.717) is 12.4 Å². The Bertz CT molecular complexity index is 479. The third-order valence-corrected chi connectivity index (χ3v) is 2.03. The van der Waals surface area contributed by atoms with Gasteiger partial charge in [-0.05, 0) is 23.8 Å². The third-order valence-electron chi connectivity index (χ3n) is 2.03. The Morgan fingerprint density at radius 3 is 2.69 bits per heavy atom. The molecule has 0 atom stereocenters. The number of hydrogen-bond acceptors (Lipinski definition) is 4. The van der Waals surface area contributed by atoms with Gasteiger partial charge in [0.15, 0.2) is 5.88 Å². The van der Waals surface area contributed by atoms with Crippen LogP contribution in [0, 0.1) is 0 Å². The average molecular weight is 218 g/mol. The lowest BCUT2D eigenvalue weighted by molar-refractivity contribution is 0.0663. The molecule has 5 nitrogen and oxygen atoms in total. The van der Waals surface area contributed by atoms with E-state index in [2.05, 4.69) is 10.3 Å². The number of rotatable bonds is 4. The fourth-order valence-electron chi connectivity index (χ4n) is 1.24. The van der Waals surface area contributed by atoms with Crippen LogP contribution in [0.3, 0.4) is 0 Å². The number of furan rings is 1. The summed E-state index contributed by atoms with van der Waals surface area (Å²) in [6, 6.07) is 6.74. The van der Waals surface area contributed by atoms with Crippen LogP contribution in [0.4, 0.5) is 5.88 Å². The molecule has 2 aromatic heterocycles. The molecule has 0 radical (unpaired) electrons. The van der Waals surface area contributed by atoms with Crippen LogP contribution >= 0.6 is 0 Å². The lowest BCUT2D eigenvalue weighted by Crippen LogP contribution is -1.98. The van der Waals surface area contributed by atoms with Gasteiger partial charge in [0.05, 0.1) is 0 Å². The molecule has 0 amide bonds. The van der Waals surface area contributed by atoms with Gasteiger partial charge in [0.1, 0.15) is 0 Å². The van der Waals surface area contributed by atoms with Gasteiger partial charge in [0.2, 0.25) is 5.76 Å². The minimum Gasteiger partial charge on any atom is -0.475 e. The molecule has 0 unspecified atom stereocenters. The highest BCUT2D eigenvalue weighted by atomic mass is 16.4. The Morgan fingerprint density at radius 2 is 2.06 bits per heavy atom. The quantitative estimate of drug-likeness (QED) is 0.820. The van der Waals surface area contributed by atoms with Crippen molar-refractivity contribution in [2.75, 3.05) is 5.32 Å². The fraction of sp³-hybridized carbons (Fsp3) is 0.0909. The maximum absolute atomic E-state index is 10.6. The lowest BCUT2D eigenvalue weighted by atomic mass is 10.3. The summed E-state index contributed by atoms with van der Waals surface area (Å²) < 4.78 is 5.04. The molecule has 0 saturated carbocycles. The van der Waals surface area contributed by atoms with Crippen LogP contribution in [-0.4, -0.2) is 16.1 Å². The van der Waals surface area contributed by atoms with Gasteiger partial charge >= 0.3 is 5.97 Å². The van der Waals surface area contributed by atoms with Crippen molar-refractivity contribution in [1.29, 1.82) is 0 Å². The molecule has 2 aromatic rings. The molecule has 16 heavy (non-hydrogen) atoms. The number of pyridine rings is 1. The molecule has 2 N–H and O–H groups in total. The Kier molecular flexibility index (Phi) is 2.86. The van der Waals surface area contributed by atoms with E-state index in [4.69, 9.17) is 9.52 Å². The molecule has 0 fully saturated rings. The Hall–Kier alpha value is -2.30. The summed E-state index contributed by atoms with van der Waals surface area (Å²) in [5, 5.41) is 11.6. The number of aromatic carboxylic acids is 1. The summed E-state index contributed by atoms with van der Waals surface area (Å²) in [7, 11) is 0. The molecule has 0 bridgehead atoms. The largest absolute Gasteiger partial charge is 0.475 e. The van der Waals surface area contributed by atoms with E-state index in [-0.39, 0.29) is 5.76 Å². The summed E-state index contributed by atoms with van der Waals surface area (Å²) in [6.07, 6.45) is 3.39. The SMILES string of the molecule is O=C(O)c1ccc(NCc2ccncc2)o1. The van der Waals surface area contributed by atoms with E-state index < -0.39 is 5.97 Å². The van der Waals surface area contributed by atoms with E-state index in [9.17, 15) is 4.79 Å². The molecule has 2 rings (SSSR count). The van der Waals surface area contributed by atoms with Crippen molar-refractivity contribution >= 4 is 11.9 Å². The molecule has 5 heteroatoms. The zero-order valence-corrected chi connectivity index (χ0v) is 8.38. The van der Waals surface area contributed by atoms with Gasteiger partial charge in [-0.2, -0.15) is 0 Å². The van der Waals surface area contributed by atoms with Crippen molar-refractivity contribution in [2.24, 2.45) is 0 Å². The van der Waals surface area contributed by atoms with E-state index >= 15 is 0 Å². The topological polar surface area (TPSA) is 75.4 Å².